The van der Waals surface area contributed by atoms with Crippen LogP contribution in [0.1, 0.15) is 67.4 Å². The van der Waals surface area contributed by atoms with E-state index in [9.17, 15) is 19.5 Å². The van der Waals surface area contributed by atoms with Crippen molar-refractivity contribution in [2.24, 2.45) is 17.3 Å². The molecule has 0 saturated carbocycles. The monoisotopic (exact) mass is 475 g/mol. The normalized spacial score (nSPS) is 15.9. The molecule has 1 unspecified atom stereocenters. The maximum absolute atomic E-state index is 13.7. The van der Waals surface area contributed by atoms with Gasteiger partial charge in [0.05, 0.1) is 12.0 Å². The molecule has 0 aromatic heterocycles. The van der Waals surface area contributed by atoms with E-state index in [-0.39, 0.29) is 23.8 Å². The SMILES string of the molecule is CN[C@H](C(=O)N[C@H](C(=O)N(C)[C@H](CC(C)C(=O)O)C(C)C)C(C)(C)C)C(C)(C)c1ccccc1. The fourth-order valence-corrected chi connectivity index (χ4v) is 4.44. The first kappa shape index (κ1) is 29.6. The summed E-state index contributed by atoms with van der Waals surface area (Å²) < 4.78 is 0. The van der Waals surface area contributed by atoms with Crippen molar-refractivity contribution in [3.05, 3.63) is 35.9 Å². The van der Waals surface area contributed by atoms with Crippen LogP contribution in [0, 0.1) is 17.3 Å². The predicted molar refractivity (Wildman–Crippen MR) is 137 cm³/mol. The summed E-state index contributed by atoms with van der Waals surface area (Å²) in [5.74, 6) is -1.87. The van der Waals surface area contributed by atoms with Crippen LogP contribution in [0.25, 0.3) is 0 Å². The van der Waals surface area contributed by atoms with Crippen LogP contribution in [0.5, 0.6) is 0 Å². The van der Waals surface area contributed by atoms with Crippen LogP contribution in [-0.2, 0) is 19.8 Å². The third-order valence-electron chi connectivity index (χ3n) is 6.82. The molecule has 0 spiro atoms. The van der Waals surface area contributed by atoms with Crippen molar-refractivity contribution in [1.29, 1.82) is 0 Å². The number of hydrogen-bond acceptors (Lipinski definition) is 4. The van der Waals surface area contributed by atoms with Crippen molar-refractivity contribution in [3.63, 3.8) is 0 Å². The third kappa shape index (κ3) is 7.29. The number of benzene rings is 1. The van der Waals surface area contributed by atoms with E-state index in [0.29, 0.717) is 6.42 Å². The number of amides is 2. The van der Waals surface area contributed by atoms with E-state index < -0.39 is 34.8 Å². The minimum atomic E-state index is -0.882. The molecule has 3 N–H and O–H groups in total. The van der Waals surface area contributed by atoms with Gasteiger partial charge < -0.3 is 20.6 Å². The van der Waals surface area contributed by atoms with Crippen LogP contribution in [-0.4, -0.2) is 60.0 Å². The van der Waals surface area contributed by atoms with Gasteiger partial charge in [-0.15, -0.1) is 0 Å². The Labute approximate surface area is 205 Å². The maximum Gasteiger partial charge on any atom is 0.306 e. The van der Waals surface area contributed by atoms with E-state index in [0.717, 1.165) is 5.56 Å². The zero-order valence-corrected chi connectivity index (χ0v) is 22.6. The van der Waals surface area contributed by atoms with Gasteiger partial charge in [-0.2, -0.15) is 0 Å². The topological polar surface area (TPSA) is 98.7 Å². The summed E-state index contributed by atoms with van der Waals surface area (Å²) in [5, 5.41) is 15.5. The summed E-state index contributed by atoms with van der Waals surface area (Å²) in [7, 11) is 3.45. The van der Waals surface area contributed by atoms with Gasteiger partial charge in [0.25, 0.3) is 0 Å². The van der Waals surface area contributed by atoms with E-state index in [4.69, 9.17) is 0 Å². The Kier molecular flexibility index (Phi) is 10.3. The Morgan fingerprint density at radius 2 is 1.50 bits per heavy atom. The van der Waals surface area contributed by atoms with E-state index in [2.05, 4.69) is 10.6 Å². The zero-order chi connectivity index (χ0) is 26.4. The lowest BCUT2D eigenvalue weighted by Crippen LogP contribution is -2.61. The van der Waals surface area contributed by atoms with Crippen LogP contribution < -0.4 is 10.6 Å². The lowest BCUT2D eigenvalue weighted by molar-refractivity contribution is -0.145. The first-order chi connectivity index (χ1) is 15.5. The van der Waals surface area contributed by atoms with Gasteiger partial charge in [0.2, 0.25) is 11.8 Å². The third-order valence-corrected chi connectivity index (χ3v) is 6.82. The summed E-state index contributed by atoms with van der Waals surface area (Å²) in [6, 6.07) is 8.23. The molecule has 0 heterocycles. The Morgan fingerprint density at radius 3 is 1.91 bits per heavy atom. The number of aliphatic carboxylic acids is 1. The van der Waals surface area contributed by atoms with Crippen molar-refractivity contribution >= 4 is 17.8 Å². The molecule has 192 valence electrons. The molecule has 0 bridgehead atoms. The lowest BCUT2D eigenvalue weighted by atomic mass is 9.76. The van der Waals surface area contributed by atoms with Gasteiger partial charge in [0, 0.05) is 18.5 Å². The minimum absolute atomic E-state index is 0.0640. The maximum atomic E-state index is 13.7. The van der Waals surface area contributed by atoms with E-state index in [1.165, 1.54) is 0 Å². The van der Waals surface area contributed by atoms with Gasteiger partial charge in [-0.05, 0) is 30.4 Å². The lowest BCUT2D eigenvalue weighted by Gasteiger charge is -2.40. The van der Waals surface area contributed by atoms with Gasteiger partial charge in [-0.25, -0.2) is 0 Å². The zero-order valence-electron chi connectivity index (χ0n) is 22.6. The molecule has 0 aliphatic rings. The van der Waals surface area contributed by atoms with Crippen molar-refractivity contribution < 1.29 is 19.5 Å². The number of rotatable bonds is 11. The van der Waals surface area contributed by atoms with E-state index in [1.807, 2.05) is 78.8 Å². The number of carbonyl (C=O) groups is 3. The number of nitrogens with one attached hydrogen (secondary N) is 2. The molecule has 0 radical (unpaired) electrons. The molecule has 0 saturated heterocycles. The molecule has 1 rings (SSSR count). The Balaban J connectivity index is 3.22. The Bertz CT molecular complexity index is 830. The molecule has 0 fully saturated rings. The quantitative estimate of drug-likeness (QED) is 0.453. The Morgan fingerprint density at radius 1 is 0.971 bits per heavy atom. The molecule has 1 aromatic carbocycles. The highest BCUT2D eigenvalue weighted by atomic mass is 16.4. The number of carbonyl (C=O) groups excluding carboxylic acids is 2. The number of nitrogens with zero attached hydrogens (tertiary/aromatic N) is 1. The summed E-state index contributed by atoms with van der Waals surface area (Å²) in [5.41, 5.74) is -0.0480. The molecule has 2 amide bonds. The van der Waals surface area contributed by atoms with Gasteiger partial charge >= 0.3 is 5.97 Å². The molecule has 34 heavy (non-hydrogen) atoms. The van der Waals surface area contributed by atoms with E-state index >= 15 is 0 Å². The fourth-order valence-electron chi connectivity index (χ4n) is 4.44. The molecule has 4 atom stereocenters. The van der Waals surface area contributed by atoms with Gasteiger partial charge in [-0.3, -0.25) is 14.4 Å². The van der Waals surface area contributed by atoms with E-state index in [1.54, 1.807) is 25.9 Å². The number of carboxylic acid groups (broad SMARTS) is 1. The smallest absolute Gasteiger partial charge is 0.306 e. The number of hydrogen-bond donors (Lipinski definition) is 3. The largest absolute Gasteiger partial charge is 0.481 e. The molecule has 7 nitrogen and oxygen atoms in total. The highest BCUT2D eigenvalue weighted by Gasteiger charge is 2.42. The number of carboxylic acids is 1. The van der Waals surface area contributed by atoms with Gasteiger partial charge in [0.1, 0.15) is 6.04 Å². The van der Waals surface area contributed by atoms with Crippen molar-refractivity contribution in [2.45, 2.75) is 85.4 Å². The molecular weight excluding hydrogens is 430 g/mol. The van der Waals surface area contributed by atoms with Gasteiger partial charge in [0.15, 0.2) is 0 Å². The minimum Gasteiger partial charge on any atom is -0.481 e. The molecule has 1 aromatic rings. The summed E-state index contributed by atoms with van der Waals surface area (Å²) >= 11 is 0. The molecule has 0 aliphatic heterocycles. The average molecular weight is 476 g/mol. The molecular formula is C27H45N3O4. The predicted octanol–water partition coefficient (Wildman–Crippen LogP) is 3.68. The second-order valence-corrected chi connectivity index (χ2v) is 11.4. The standard InChI is InChI=1S/C27H45N3O4/c1-17(2)20(16-18(3)25(33)34)30(10)24(32)22(26(4,5)6)29-23(31)21(28-9)27(7,8)19-14-12-11-13-15-19/h11-15,17-18,20-22,28H,16H2,1-10H3,(H,29,31)(H,33,34)/t18?,20-,21-,22-/m1/s1. The summed E-state index contributed by atoms with van der Waals surface area (Å²) in [6.45, 7) is 15.4. The second kappa shape index (κ2) is 11.8. The Hall–Kier alpha value is -2.41. The highest BCUT2D eigenvalue weighted by Crippen LogP contribution is 2.29. The average Bonchev–Trinajstić information content (AvgIpc) is 2.74. The van der Waals surface area contributed by atoms with Crippen LogP contribution in [0.4, 0.5) is 0 Å². The summed E-state index contributed by atoms with van der Waals surface area (Å²) in [4.78, 5) is 40.3. The fraction of sp³-hybridized carbons (Fsp3) is 0.667. The van der Waals surface area contributed by atoms with Crippen molar-refractivity contribution in [3.8, 4) is 0 Å². The summed E-state index contributed by atoms with van der Waals surface area (Å²) in [6.07, 6.45) is 0.347. The number of likely N-dealkylation sites (N-methyl/N-ethyl adjacent to an activating group) is 2. The van der Waals surface area contributed by atoms with Crippen LogP contribution in [0.2, 0.25) is 0 Å². The van der Waals surface area contributed by atoms with Crippen molar-refractivity contribution in [1.82, 2.24) is 15.5 Å². The molecule has 0 aliphatic carbocycles. The van der Waals surface area contributed by atoms with Crippen molar-refractivity contribution in [2.75, 3.05) is 14.1 Å². The highest BCUT2D eigenvalue weighted by molar-refractivity contribution is 5.91. The van der Waals surface area contributed by atoms with Crippen LogP contribution in [0.15, 0.2) is 30.3 Å². The van der Waals surface area contributed by atoms with Crippen LogP contribution >= 0.6 is 0 Å². The molecule has 7 heteroatoms. The van der Waals surface area contributed by atoms with Crippen LogP contribution in [0.3, 0.4) is 0 Å². The first-order valence-electron chi connectivity index (χ1n) is 12.1. The van der Waals surface area contributed by atoms with Gasteiger partial charge in [-0.1, -0.05) is 85.7 Å². The second-order valence-electron chi connectivity index (χ2n) is 11.4. The first-order valence-corrected chi connectivity index (χ1v) is 12.1.